The van der Waals surface area contributed by atoms with E-state index >= 15 is 0 Å². The van der Waals surface area contributed by atoms with Crippen molar-refractivity contribution in [3.8, 4) is 0 Å². The van der Waals surface area contributed by atoms with E-state index in [1.165, 1.54) is 6.92 Å². The van der Waals surface area contributed by atoms with Crippen LogP contribution in [0.1, 0.15) is 38.0 Å². The van der Waals surface area contributed by atoms with Gasteiger partial charge >= 0.3 is 0 Å². The highest BCUT2D eigenvalue weighted by molar-refractivity contribution is 6.50. The Bertz CT molecular complexity index is 866. The van der Waals surface area contributed by atoms with Gasteiger partial charge in [-0.3, -0.25) is 14.4 Å². The fraction of sp³-hybridized carbons (Fsp3) is 0.0556. The van der Waals surface area contributed by atoms with Crippen LogP contribution in [0, 0.1) is 0 Å². The summed E-state index contributed by atoms with van der Waals surface area (Å²) < 4.78 is 0. The quantitative estimate of drug-likeness (QED) is 0.871. The first kappa shape index (κ1) is 15.2. The van der Waals surface area contributed by atoms with Crippen LogP contribution in [-0.2, 0) is 0 Å². The normalized spacial score (nSPS) is 13.8. The number of ketones is 3. The number of Topliss-reactive ketones (excluding diaryl/α,β-unsaturated/α-hetero) is 3. The van der Waals surface area contributed by atoms with E-state index in [1.54, 1.807) is 48.5 Å². The first-order valence-electron chi connectivity index (χ1n) is 6.95. The van der Waals surface area contributed by atoms with Gasteiger partial charge in [0.15, 0.2) is 5.78 Å². The molecule has 3 rings (SSSR count). The maximum atomic E-state index is 12.5. The van der Waals surface area contributed by atoms with Gasteiger partial charge in [-0.05, 0) is 31.2 Å². The van der Waals surface area contributed by atoms with Crippen LogP contribution in [0.5, 0.6) is 0 Å². The van der Waals surface area contributed by atoms with E-state index in [2.05, 4.69) is 5.32 Å². The fourth-order valence-corrected chi connectivity index (χ4v) is 2.62. The minimum atomic E-state index is -0.385. The third kappa shape index (κ3) is 2.69. The van der Waals surface area contributed by atoms with Gasteiger partial charge in [-0.2, -0.15) is 0 Å². The fourth-order valence-electron chi connectivity index (χ4n) is 2.39. The lowest BCUT2D eigenvalue weighted by atomic mass is 9.92. The Balaban J connectivity index is 1.96. The summed E-state index contributed by atoms with van der Waals surface area (Å²) in [5, 5.41) is 2.75. The Morgan fingerprint density at radius 1 is 0.913 bits per heavy atom. The molecule has 0 atom stereocenters. The molecule has 4 nitrogen and oxygen atoms in total. The number of hydrogen-bond acceptors (Lipinski definition) is 4. The second-order valence-electron chi connectivity index (χ2n) is 5.15. The van der Waals surface area contributed by atoms with Gasteiger partial charge in [0.25, 0.3) is 0 Å². The molecule has 0 saturated heterocycles. The molecule has 0 saturated carbocycles. The highest BCUT2D eigenvalue weighted by atomic mass is 35.5. The number of halogens is 1. The summed E-state index contributed by atoms with van der Waals surface area (Å²) in [6.07, 6.45) is 0. The van der Waals surface area contributed by atoms with Crippen molar-refractivity contribution in [2.75, 3.05) is 5.32 Å². The van der Waals surface area contributed by atoms with Gasteiger partial charge in [-0.1, -0.05) is 35.9 Å². The molecule has 0 bridgehead atoms. The Hall–Kier alpha value is -2.72. The molecule has 114 valence electrons. The smallest absolute Gasteiger partial charge is 0.211 e. The predicted molar refractivity (Wildman–Crippen MR) is 88.1 cm³/mol. The van der Waals surface area contributed by atoms with Crippen LogP contribution < -0.4 is 5.32 Å². The zero-order chi connectivity index (χ0) is 16.6. The molecule has 0 unspecified atom stereocenters. The van der Waals surface area contributed by atoms with Gasteiger partial charge in [-0.25, -0.2) is 0 Å². The zero-order valence-corrected chi connectivity index (χ0v) is 13.0. The summed E-state index contributed by atoms with van der Waals surface area (Å²) in [6, 6.07) is 13.2. The van der Waals surface area contributed by atoms with Gasteiger partial charge < -0.3 is 5.32 Å². The molecule has 1 N–H and O–H groups in total. The molecule has 0 aromatic heterocycles. The van der Waals surface area contributed by atoms with Crippen LogP contribution in [0.4, 0.5) is 5.69 Å². The maximum absolute atomic E-state index is 12.5. The topological polar surface area (TPSA) is 63.2 Å². The van der Waals surface area contributed by atoms with Crippen LogP contribution in [-0.4, -0.2) is 17.3 Å². The van der Waals surface area contributed by atoms with E-state index < -0.39 is 0 Å². The van der Waals surface area contributed by atoms with Crippen molar-refractivity contribution in [3.05, 3.63) is 76.0 Å². The lowest BCUT2D eigenvalue weighted by molar-refractivity contribution is 0.0982. The van der Waals surface area contributed by atoms with Crippen LogP contribution in [0.2, 0.25) is 0 Å². The second kappa shape index (κ2) is 5.82. The molecule has 0 aliphatic heterocycles. The summed E-state index contributed by atoms with van der Waals surface area (Å²) >= 11 is 6.08. The molecule has 2 aromatic carbocycles. The standard InChI is InChI=1S/C18H12ClNO3/c1-10(21)11-6-8-12(9-7-11)20-16-15(19)17(22)13-4-2-3-5-14(13)18(16)23/h2-9,20H,1H3. The molecule has 0 radical (unpaired) electrons. The largest absolute Gasteiger partial charge is 0.351 e. The number of fused-ring (bicyclic) bond motifs is 1. The average molecular weight is 326 g/mol. The first-order chi connectivity index (χ1) is 11.0. The Morgan fingerprint density at radius 3 is 2.04 bits per heavy atom. The highest BCUT2D eigenvalue weighted by Gasteiger charge is 2.31. The molecular weight excluding hydrogens is 314 g/mol. The SMILES string of the molecule is CC(=O)c1ccc(NC2=C(Cl)C(=O)c3ccccc3C2=O)cc1. The maximum Gasteiger partial charge on any atom is 0.211 e. The van der Waals surface area contributed by atoms with E-state index in [1.807, 2.05) is 0 Å². The van der Waals surface area contributed by atoms with Crippen molar-refractivity contribution >= 4 is 34.6 Å². The number of allylic oxidation sites excluding steroid dienone is 2. The monoisotopic (exact) mass is 325 g/mol. The molecular formula is C18H12ClNO3. The number of nitrogens with one attached hydrogen (secondary N) is 1. The molecule has 23 heavy (non-hydrogen) atoms. The number of carbonyl (C=O) groups excluding carboxylic acids is 3. The van der Waals surface area contributed by atoms with Gasteiger partial charge in [0.1, 0.15) is 10.7 Å². The van der Waals surface area contributed by atoms with Crippen LogP contribution in [0.25, 0.3) is 0 Å². The summed E-state index contributed by atoms with van der Waals surface area (Å²) in [4.78, 5) is 36.1. The van der Waals surface area contributed by atoms with E-state index in [0.29, 0.717) is 22.4 Å². The predicted octanol–water partition coefficient (Wildman–Crippen LogP) is 3.83. The van der Waals surface area contributed by atoms with E-state index in [-0.39, 0.29) is 28.1 Å². The van der Waals surface area contributed by atoms with Crippen molar-refractivity contribution in [2.45, 2.75) is 6.92 Å². The summed E-state index contributed by atoms with van der Waals surface area (Å²) in [5.41, 5.74) is 1.81. The highest BCUT2D eigenvalue weighted by Crippen LogP contribution is 2.29. The molecule has 1 aliphatic rings. The zero-order valence-electron chi connectivity index (χ0n) is 12.2. The number of benzene rings is 2. The summed E-state index contributed by atoms with van der Waals surface area (Å²) in [6.45, 7) is 1.47. The van der Waals surface area contributed by atoms with Gasteiger partial charge in [0.05, 0.1) is 0 Å². The molecule has 2 aromatic rings. The minimum absolute atomic E-state index is 0.0472. The number of hydrogen-bond donors (Lipinski definition) is 1. The van der Waals surface area contributed by atoms with Gasteiger partial charge in [-0.15, -0.1) is 0 Å². The van der Waals surface area contributed by atoms with Crippen molar-refractivity contribution in [1.82, 2.24) is 0 Å². The third-order valence-corrected chi connectivity index (χ3v) is 3.98. The van der Waals surface area contributed by atoms with Crippen LogP contribution in [0.3, 0.4) is 0 Å². The van der Waals surface area contributed by atoms with E-state index in [9.17, 15) is 14.4 Å². The van der Waals surface area contributed by atoms with Gasteiger partial charge in [0.2, 0.25) is 11.6 Å². The van der Waals surface area contributed by atoms with E-state index in [4.69, 9.17) is 11.6 Å². The molecule has 0 spiro atoms. The first-order valence-corrected chi connectivity index (χ1v) is 7.33. The molecule has 1 aliphatic carbocycles. The van der Waals surface area contributed by atoms with E-state index in [0.717, 1.165) is 0 Å². The minimum Gasteiger partial charge on any atom is -0.351 e. The Morgan fingerprint density at radius 2 is 1.48 bits per heavy atom. The average Bonchev–Trinajstić information content (AvgIpc) is 2.57. The van der Waals surface area contributed by atoms with Crippen molar-refractivity contribution < 1.29 is 14.4 Å². The second-order valence-corrected chi connectivity index (χ2v) is 5.53. The summed E-state index contributed by atoms with van der Waals surface area (Å²) in [7, 11) is 0. The van der Waals surface area contributed by atoms with Crippen LogP contribution >= 0.6 is 11.6 Å². The molecule has 5 heteroatoms. The van der Waals surface area contributed by atoms with Crippen molar-refractivity contribution in [1.29, 1.82) is 0 Å². The Kier molecular flexibility index (Phi) is 3.84. The summed E-state index contributed by atoms with van der Waals surface area (Å²) in [5.74, 6) is -0.766. The molecule has 0 fully saturated rings. The van der Waals surface area contributed by atoms with Crippen molar-refractivity contribution in [3.63, 3.8) is 0 Å². The lowest BCUT2D eigenvalue weighted by Crippen LogP contribution is -2.24. The Labute approximate surface area is 137 Å². The third-order valence-electron chi connectivity index (χ3n) is 3.62. The number of carbonyl (C=O) groups is 3. The lowest BCUT2D eigenvalue weighted by Gasteiger charge is -2.19. The number of anilines is 1. The van der Waals surface area contributed by atoms with Crippen molar-refractivity contribution in [2.24, 2.45) is 0 Å². The molecule has 0 heterocycles. The molecule has 0 amide bonds. The van der Waals surface area contributed by atoms with Crippen LogP contribution in [0.15, 0.2) is 59.3 Å². The van der Waals surface area contributed by atoms with Gasteiger partial charge in [0, 0.05) is 22.4 Å². The number of rotatable bonds is 3.